The molecule has 0 saturated carbocycles. The van der Waals surface area contributed by atoms with Crippen LogP contribution >= 0.6 is 11.3 Å². The molecule has 0 atom stereocenters. The smallest absolute Gasteiger partial charge is 0.261 e. The standard InChI is InChI=1S/C17H13N3O2S/c1-11-4-2-5-13-15(11)18-10-20(17(13)21)8-12-9-22-16(19-12)14-6-3-7-23-14/h2-7,9-10H,8H2,1H3. The summed E-state index contributed by atoms with van der Waals surface area (Å²) in [5.41, 5.74) is 2.37. The molecule has 0 bridgehead atoms. The highest BCUT2D eigenvalue weighted by Crippen LogP contribution is 2.23. The fourth-order valence-electron chi connectivity index (χ4n) is 2.52. The van der Waals surface area contributed by atoms with Crippen molar-refractivity contribution < 1.29 is 4.42 Å². The third kappa shape index (κ3) is 2.47. The van der Waals surface area contributed by atoms with E-state index in [-0.39, 0.29) is 5.56 Å². The second-order valence-corrected chi connectivity index (χ2v) is 6.22. The monoisotopic (exact) mass is 323 g/mol. The Bertz CT molecular complexity index is 1030. The number of thiophene rings is 1. The normalized spacial score (nSPS) is 11.2. The van der Waals surface area contributed by atoms with Gasteiger partial charge in [-0.25, -0.2) is 9.97 Å². The zero-order valence-electron chi connectivity index (χ0n) is 12.4. The molecule has 0 N–H and O–H groups in total. The van der Waals surface area contributed by atoms with Crippen LogP contribution in [0.2, 0.25) is 0 Å². The van der Waals surface area contributed by atoms with E-state index in [4.69, 9.17) is 4.42 Å². The minimum atomic E-state index is -0.0700. The summed E-state index contributed by atoms with van der Waals surface area (Å²) in [6, 6.07) is 9.52. The lowest BCUT2D eigenvalue weighted by Gasteiger charge is -2.05. The van der Waals surface area contributed by atoms with Crippen molar-refractivity contribution in [1.29, 1.82) is 0 Å². The molecule has 0 amide bonds. The molecule has 5 nitrogen and oxygen atoms in total. The van der Waals surface area contributed by atoms with Gasteiger partial charge in [-0.2, -0.15) is 0 Å². The molecule has 0 radical (unpaired) electrons. The summed E-state index contributed by atoms with van der Waals surface area (Å²) in [4.78, 5) is 22.4. The van der Waals surface area contributed by atoms with Crippen LogP contribution in [0.4, 0.5) is 0 Å². The van der Waals surface area contributed by atoms with Crippen LogP contribution < -0.4 is 5.56 Å². The number of oxazole rings is 1. The van der Waals surface area contributed by atoms with Gasteiger partial charge in [0.25, 0.3) is 5.56 Å². The number of hydrogen-bond acceptors (Lipinski definition) is 5. The summed E-state index contributed by atoms with van der Waals surface area (Å²) in [7, 11) is 0. The van der Waals surface area contributed by atoms with Gasteiger partial charge >= 0.3 is 0 Å². The third-order valence-corrected chi connectivity index (χ3v) is 4.53. The maximum Gasteiger partial charge on any atom is 0.261 e. The van der Waals surface area contributed by atoms with E-state index in [0.717, 1.165) is 16.0 Å². The Hall–Kier alpha value is -2.73. The van der Waals surface area contributed by atoms with Gasteiger partial charge in [-0.1, -0.05) is 18.2 Å². The number of fused-ring (bicyclic) bond motifs is 1. The van der Waals surface area contributed by atoms with Crippen molar-refractivity contribution in [3.8, 4) is 10.8 Å². The fourth-order valence-corrected chi connectivity index (χ4v) is 3.17. The molecule has 3 aromatic heterocycles. The Kier molecular flexibility index (Phi) is 3.31. The van der Waals surface area contributed by atoms with Gasteiger partial charge in [0, 0.05) is 0 Å². The van der Waals surface area contributed by atoms with Crippen LogP contribution in [-0.4, -0.2) is 14.5 Å². The highest BCUT2D eigenvalue weighted by atomic mass is 32.1. The maximum atomic E-state index is 12.6. The number of aromatic nitrogens is 3. The van der Waals surface area contributed by atoms with Crippen molar-refractivity contribution in [2.24, 2.45) is 0 Å². The lowest BCUT2D eigenvalue weighted by molar-refractivity contribution is 0.572. The first kappa shape index (κ1) is 13.9. The van der Waals surface area contributed by atoms with Gasteiger partial charge in [0.1, 0.15) is 6.26 Å². The third-order valence-electron chi connectivity index (χ3n) is 3.67. The first-order chi connectivity index (χ1) is 11.2. The lowest BCUT2D eigenvalue weighted by Crippen LogP contribution is -2.21. The molecular weight excluding hydrogens is 310 g/mol. The van der Waals surface area contributed by atoms with Crippen molar-refractivity contribution in [3.63, 3.8) is 0 Å². The predicted octanol–water partition coefficient (Wildman–Crippen LogP) is 3.47. The number of para-hydroxylation sites is 1. The molecule has 23 heavy (non-hydrogen) atoms. The van der Waals surface area contributed by atoms with E-state index in [1.165, 1.54) is 0 Å². The summed E-state index contributed by atoms with van der Waals surface area (Å²) in [5, 5.41) is 2.59. The van der Waals surface area contributed by atoms with Gasteiger partial charge in [-0.05, 0) is 30.0 Å². The molecule has 6 heteroatoms. The molecule has 0 aliphatic carbocycles. The summed E-state index contributed by atoms with van der Waals surface area (Å²) < 4.78 is 7.04. The largest absolute Gasteiger partial charge is 0.443 e. The SMILES string of the molecule is Cc1cccc2c(=O)n(Cc3coc(-c4cccs4)n3)cnc12. The molecule has 0 unspecified atom stereocenters. The molecule has 1 aromatic carbocycles. The van der Waals surface area contributed by atoms with Crippen LogP contribution in [-0.2, 0) is 6.54 Å². The summed E-state index contributed by atoms with van der Waals surface area (Å²) in [5.74, 6) is 0.577. The van der Waals surface area contributed by atoms with E-state index in [0.29, 0.717) is 23.5 Å². The van der Waals surface area contributed by atoms with Crippen LogP contribution in [0, 0.1) is 6.92 Å². The van der Waals surface area contributed by atoms with E-state index in [1.54, 1.807) is 34.6 Å². The van der Waals surface area contributed by atoms with Gasteiger partial charge in [0.2, 0.25) is 5.89 Å². The summed E-state index contributed by atoms with van der Waals surface area (Å²) >= 11 is 1.57. The minimum absolute atomic E-state index is 0.0700. The van der Waals surface area contributed by atoms with Gasteiger partial charge in [-0.15, -0.1) is 11.3 Å². The number of rotatable bonds is 3. The number of aryl methyl sites for hydroxylation is 1. The molecule has 0 aliphatic heterocycles. The maximum absolute atomic E-state index is 12.6. The van der Waals surface area contributed by atoms with E-state index in [1.807, 2.05) is 36.6 Å². The molecule has 4 aromatic rings. The Morgan fingerprint density at radius 1 is 1.26 bits per heavy atom. The average molecular weight is 323 g/mol. The van der Waals surface area contributed by atoms with Crippen LogP contribution in [0.15, 0.2) is 57.5 Å². The fraction of sp³-hybridized carbons (Fsp3) is 0.118. The van der Waals surface area contributed by atoms with Gasteiger partial charge < -0.3 is 4.42 Å². The zero-order chi connectivity index (χ0) is 15.8. The number of nitrogens with zero attached hydrogens (tertiary/aromatic N) is 3. The number of hydrogen-bond donors (Lipinski definition) is 0. The highest BCUT2D eigenvalue weighted by Gasteiger charge is 2.10. The van der Waals surface area contributed by atoms with Crippen LogP contribution in [0.1, 0.15) is 11.3 Å². The molecular formula is C17H13N3O2S. The summed E-state index contributed by atoms with van der Waals surface area (Å²) in [6.45, 7) is 2.29. The van der Waals surface area contributed by atoms with Gasteiger partial charge in [-0.3, -0.25) is 9.36 Å². The van der Waals surface area contributed by atoms with Crippen LogP contribution in [0.25, 0.3) is 21.7 Å². The molecule has 0 aliphatic rings. The molecule has 3 heterocycles. The Morgan fingerprint density at radius 2 is 2.17 bits per heavy atom. The van der Waals surface area contributed by atoms with Crippen LogP contribution in [0.3, 0.4) is 0 Å². The van der Waals surface area contributed by atoms with E-state index in [9.17, 15) is 4.79 Å². The van der Waals surface area contributed by atoms with Gasteiger partial charge in [0.05, 0.1) is 34.3 Å². The highest BCUT2D eigenvalue weighted by molar-refractivity contribution is 7.13. The molecule has 4 rings (SSSR count). The van der Waals surface area contributed by atoms with Crippen molar-refractivity contribution in [1.82, 2.24) is 14.5 Å². The Labute approximate surface area is 135 Å². The predicted molar refractivity (Wildman–Crippen MR) is 89.7 cm³/mol. The zero-order valence-corrected chi connectivity index (χ0v) is 13.2. The van der Waals surface area contributed by atoms with E-state index < -0.39 is 0 Å². The van der Waals surface area contributed by atoms with Crippen LogP contribution in [0.5, 0.6) is 0 Å². The van der Waals surface area contributed by atoms with Crippen molar-refractivity contribution in [2.45, 2.75) is 13.5 Å². The van der Waals surface area contributed by atoms with E-state index >= 15 is 0 Å². The Morgan fingerprint density at radius 3 is 3.00 bits per heavy atom. The van der Waals surface area contributed by atoms with Crippen molar-refractivity contribution in [3.05, 3.63) is 69.9 Å². The second kappa shape index (κ2) is 5.48. The number of benzene rings is 1. The molecule has 0 spiro atoms. The quantitative estimate of drug-likeness (QED) is 0.579. The Balaban J connectivity index is 1.71. The topological polar surface area (TPSA) is 60.9 Å². The summed E-state index contributed by atoms with van der Waals surface area (Å²) in [6.07, 6.45) is 3.15. The van der Waals surface area contributed by atoms with Crippen molar-refractivity contribution in [2.75, 3.05) is 0 Å². The second-order valence-electron chi connectivity index (χ2n) is 5.27. The molecule has 0 fully saturated rings. The van der Waals surface area contributed by atoms with Crippen molar-refractivity contribution >= 4 is 22.2 Å². The minimum Gasteiger partial charge on any atom is -0.443 e. The first-order valence-corrected chi connectivity index (χ1v) is 8.03. The first-order valence-electron chi connectivity index (χ1n) is 7.15. The van der Waals surface area contributed by atoms with Gasteiger partial charge in [0.15, 0.2) is 0 Å². The molecule has 0 saturated heterocycles. The average Bonchev–Trinajstić information content (AvgIpc) is 3.22. The van der Waals surface area contributed by atoms with E-state index in [2.05, 4.69) is 9.97 Å². The lowest BCUT2D eigenvalue weighted by atomic mass is 10.1. The molecule has 114 valence electrons.